The van der Waals surface area contributed by atoms with Gasteiger partial charge in [0.1, 0.15) is 18.5 Å². The molecule has 7 heteroatoms. The summed E-state index contributed by atoms with van der Waals surface area (Å²) in [5.41, 5.74) is 0.737. The topological polar surface area (TPSA) is 81.0 Å². The van der Waals surface area contributed by atoms with Crippen LogP contribution < -0.4 is 10.1 Å². The van der Waals surface area contributed by atoms with Crippen molar-refractivity contribution in [1.82, 2.24) is 10.2 Å². The number of terminal acetylenes is 1. The number of nitrogens with one attached hydrogen (secondary N) is 1. The molecule has 1 atom stereocenters. The quantitative estimate of drug-likeness (QED) is 0.778. The summed E-state index contributed by atoms with van der Waals surface area (Å²) < 4.78 is 16.4. The maximum atomic E-state index is 12.3. The number of ether oxygens (including phenoxy) is 2. The number of nitrogens with zero attached hydrogens (tertiary/aromatic N) is 1. The molecule has 3 rings (SSSR count). The van der Waals surface area contributed by atoms with Crippen molar-refractivity contribution in [3.63, 3.8) is 0 Å². The van der Waals surface area contributed by atoms with Gasteiger partial charge in [0.25, 0.3) is 5.91 Å². The van der Waals surface area contributed by atoms with Crippen LogP contribution in [-0.2, 0) is 9.53 Å². The first-order valence-electron chi connectivity index (χ1n) is 8.56. The van der Waals surface area contributed by atoms with E-state index in [1.165, 1.54) is 12.3 Å². The van der Waals surface area contributed by atoms with E-state index in [1.807, 2.05) is 18.2 Å². The normalized spacial score (nSPS) is 16.4. The summed E-state index contributed by atoms with van der Waals surface area (Å²) in [5, 5.41) is 2.55. The molecule has 2 aromatic rings. The second-order valence-corrected chi connectivity index (χ2v) is 5.98. The Morgan fingerprint density at radius 1 is 1.33 bits per heavy atom. The highest BCUT2D eigenvalue weighted by atomic mass is 16.5. The average Bonchev–Trinajstić information content (AvgIpc) is 3.25. The molecular formula is C20H20N2O5. The zero-order valence-electron chi connectivity index (χ0n) is 14.7. The molecule has 0 radical (unpaired) electrons. The Hall–Kier alpha value is -3.24. The first kappa shape index (κ1) is 18.5. The molecule has 1 N–H and O–H groups in total. The summed E-state index contributed by atoms with van der Waals surface area (Å²) in [4.78, 5) is 25.8. The zero-order valence-corrected chi connectivity index (χ0v) is 14.7. The fourth-order valence-electron chi connectivity index (χ4n) is 2.67. The summed E-state index contributed by atoms with van der Waals surface area (Å²) in [7, 11) is 0. The first-order chi connectivity index (χ1) is 13.2. The van der Waals surface area contributed by atoms with Crippen LogP contribution in [0.4, 0.5) is 0 Å². The standard InChI is InChI=1S/C20H20N2O5/c1-2-15-5-3-6-16(11-15)27-14-17-13-22(8-10-25-17)19(23)12-21-20(24)18-7-4-9-26-18/h1,3-7,9,11,17H,8,10,12-14H2,(H,21,24). The van der Waals surface area contributed by atoms with E-state index in [9.17, 15) is 9.59 Å². The molecule has 0 spiro atoms. The van der Waals surface area contributed by atoms with E-state index in [-0.39, 0.29) is 24.3 Å². The summed E-state index contributed by atoms with van der Waals surface area (Å²) in [6, 6.07) is 10.4. The van der Waals surface area contributed by atoms with Crippen molar-refractivity contribution >= 4 is 11.8 Å². The highest BCUT2D eigenvalue weighted by Gasteiger charge is 2.25. The van der Waals surface area contributed by atoms with Crippen LogP contribution in [0.5, 0.6) is 5.75 Å². The van der Waals surface area contributed by atoms with Gasteiger partial charge in [-0.2, -0.15) is 0 Å². The number of hydrogen-bond acceptors (Lipinski definition) is 5. The molecule has 7 nitrogen and oxygen atoms in total. The van der Waals surface area contributed by atoms with Gasteiger partial charge < -0.3 is 24.1 Å². The molecular weight excluding hydrogens is 348 g/mol. The lowest BCUT2D eigenvalue weighted by atomic mass is 10.2. The minimum Gasteiger partial charge on any atom is -0.491 e. The minimum atomic E-state index is -0.421. The van der Waals surface area contributed by atoms with E-state index in [1.54, 1.807) is 17.0 Å². The maximum Gasteiger partial charge on any atom is 0.287 e. The van der Waals surface area contributed by atoms with Crippen molar-refractivity contribution in [2.24, 2.45) is 0 Å². The largest absolute Gasteiger partial charge is 0.491 e. The summed E-state index contributed by atoms with van der Waals surface area (Å²) >= 11 is 0. The van der Waals surface area contributed by atoms with Crippen molar-refractivity contribution in [3.8, 4) is 18.1 Å². The van der Waals surface area contributed by atoms with Crippen molar-refractivity contribution in [2.45, 2.75) is 6.10 Å². The molecule has 1 aliphatic rings. The van der Waals surface area contributed by atoms with E-state index in [4.69, 9.17) is 20.3 Å². The van der Waals surface area contributed by atoms with Crippen molar-refractivity contribution in [1.29, 1.82) is 0 Å². The first-order valence-corrected chi connectivity index (χ1v) is 8.56. The molecule has 2 amide bonds. The molecule has 1 aromatic carbocycles. The van der Waals surface area contributed by atoms with Gasteiger partial charge in [-0.3, -0.25) is 9.59 Å². The van der Waals surface area contributed by atoms with Gasteiger partial charge in [-0.15, -0.1) is 6.42 Å². The van der Waals surface area contributed by atoms with Crippen LogP contribution in [0.25, 0.3) is 0 Å². The zero-order chi connectivity index (χ0) is 19.1. The molecule has 2 heterocycles. The molecule has 0 bridgehead atoms. The van der Waals surface area contributed by atoms with Crippen LogP contribution in [0, 0.1) is 12.3 Å². The third-order valence-electron chi connectivity index (χ3n) is 4.07. The number of carbonyl (C=O) groups excluding carboxylic acids is 2. The highest BCUT2D eigenvalue weighted by molar-refractivity contribution is 5.94. The lowest BCUT2D eigenvalue weighted by Gasteiger charge is -2.32. The van der Waals surface area contributed by atoms with Gasteiger partial charge in [-0.1, -0.05) is 12.0 Å². The maximum absolute atomic E-state index is 12.3. The molecule has 1 fully saturated rings. The molecule has 1 saturated heterocycles. The van der Waals surface area contributed by atoms with Crippen LogP contribution in [-0.4, -0.2) is 55.7 Å². The number of amides is 2. The molecule has 0 saturated carbocycles. The third kappa shape index (κ3) is 5.12. The van der Waals surface area contributed by atoms with Crippen LogP contribution in [0.15, 0.2) is 47.1 Å². The number of benzene rings is 1. The molecule has 1 unspecified atom stereocenters. The van der Waals surface area contributed by atoms with E-state index < -0.39 is 5.91 Å². The van der Waals surface area contributed by atoms with Gasteiger partial charge in [0.2, 0.25) is 5.91 Å². The van der Waals surface area contributed by atoms with Crippen LogP contribution >= 0.6 is 0 Å². The number of carbonyl (C=O) groups is 2. The number of furan rings is 1. The van der Waals surface area contributed by atoms with Crippen molar-refractivity contribution < 1.29 is 23.5 Å². The Morgan fingerprint density at radius 3 is 3.00 bits per heavy atom. The van der Waals surface area contributed by atoms with Crippen LogP contribution in [0.1, 0.15) is 16.1 Å². The average molecular weight is 368 g/mol. The summed E-state index contributed by atoms with van der Waals surface area (Å²) in [6.45, 7) is 1.48. The Balaban J connectivity index is 1.46. The van der Waals surface area contributed by atoms with E-state index in [0.29, 0.717) is 32.1 Å². The smallest absolute Gasteiger partial charge is 0.287 e. The minimum absolute atomic E-state index is 0.0999. The van der Waals surface area contributed by atoms with Gasteiger partial charge >= 0.3 is 0 Å². The third-order valence-corrected chi connectivity index (χ3v) is 4.07. The Morgan fingerprint density at radius 2 is 2.22 bits per heavy atom. The monoisotopic (exact) mass is 368 g/mol. The Kier molecular flexibility index (Phi) is 6.13. The van der Waals surface area contributed by atoms with Gasteiger partial charge in [0, 0.05) is 12.1 Å². The lowest BCUT2D eigenvalue weighted by Crippen LogP contribution is -2.50. The van der Waals surface area contributed by atoms with Gasteiger partial charge in [-0.25, -0.2) is 0 Å². The number of morpholine rings is 1. The van der Waals surface area contributed by atoms with E-state index >= 15 is 0 Å². The summed E-state index contributed by atoms with van der Waals surface area (Å²) in [5.74, 6) is 2.78. The lowest BCUT2D eigenvalue weighted by molar-refractivity contribution is -0.138. The van der Waals surface area contributed by atoms with Crippen molar-refractivity contribution in [3.05, 3.63) is 54.0 Å². The molecule has 1 aliphatic heterocycles. The SMILES string of the molecule is C#Cc1cccc(OCC2CN(C(=O)CNC(=O)c3ccco3)CCO2)c1. The van der Waals surface area contributed by atoms with Gasteiger partial charge in [-0.05, 0) is 30.3 Å². The Labute approximate surface area is 157 Å². The van der Waals surface area contributed by atoms with E-state index in [0.717, 1.165) is 5.56 Å². The highest BCUT2D eigenvalue weighted by Crippen LogP contribution is 2.14. The second kappa shape index (κ2) is 8.92. The summed E-state index contributed by atoms with van der Waals surface area (Å²) in [6.07, 6.45) is 6.53. The van der Waals surface area contributed by atoms with E-state index in [2.05, 4.69) is 11.2 Å². The molecule has 27 heavy (non-hydrogen) atoms. The Bertz CT molecular complexity index is 825. The number of hydrogen-bond donors (Lipinski definition) is 1. The van der Waals surface area contributed by atoms with Gasteiger partial charge in [0.15, 0.2) is 5.76 Å². The number of rotatable bonds is 6. The van der Waals surface area contributed by atoms with Crippen molar-refractivity contribution in [2.75, 3.05) is 32.8 Å². The molecule has 0 aliphatic carbocycles. The van der Waals surface area contributed by atoms with Gasteiger partial charge in [0.05, 0.1) is 26.0 Å². The fourth-order valence-corrected chi connectivity index (χ4v) is 2.67. The fraction of sp³-hybridized carbons (Fsp3) is 0.300. The van der Waals surface area contributed by atoms with Crippen LogP contribution in [0.2, 0.25) is 0 Å². The molecule has 1 aromatic heterocycles. The molecule has 140 valence electrons. The second-order valence-electron chi connectivity index (χ2n) is 5.98. The van der Waals surface area contributed by atoms with Crippen LogP contribution in [0.3, 0.4) is 0 Å². The predicted octanol–water partition coefficient (Wildman–Crippen LogP) is 1.30. The predicted molar refractivity (Wildman–Crippen MR) is 97.2 cm³/mol.